The molecule has 2 aromatic heterocycles. The van der Waals surface area contributed by atoms with Gasteiger partial charge in [0, 0.05) is 12.6 Å². The summed E-state index contributed by atoms with van der Waals surface area (Å²) < 4.78 is 7.34. The first-order valence-electron chi connectivity index (χ1n) is 5.69. The lowest BCUT2D eigenvalue weighted by Gasteiger charge is -2.04. The number of halogens is 1. The van der Waals surface area contributed by atoms with E-state index in [4.69, 9.17) is 21.4 Å². The molecule has 96 valence electrons. The molecule has 0 aliphatic carbocycles. The van der Waals surface area contributed by atoms with E-state index in [0.29, 0.717) is 22.3 Å². The molecule has 0 aliphatic heterocycles. The van der Waals surface area contributed by atoms with Gasteiger partial charge in [-0.15, -0.1) is 0 Å². The van der Waals surface area contributed by atoms with Crippen molar-refractivity contribution in [1.82, 2.24) is 14.8 Å². The molecule has 0 bridgehead atoms. The van der Waals surface area contributed by atoms with Gasteiger partial charge in [0.05, 0.1) is 29.7 Å². The second kappa shape index (κ2) is 5.84. The van der Waals surface area contributed by atoms with Crippen LogP contribution in [0.2, 0.25) is 5.02 Å². The van der Waals surface area contributed by atoms with Gasteiger partial charge < -0.3 is 9.84 Å². The van der Waals surface area contributed by atoms with Gasteiger partial charge in [-0.05, 0) is 12.5 Å². The summed E-state index contributed by atoms with van der Waals surface area (Å²) in [4.78, 5) is 4.10. The van der Waals surface area contributed by atoms with Gasteiger partial charge in [-0.3, -0.25) is 4.68 Å². The highest BCUT2D eigenvalue weighted by Crippen LogP contribution is 2.22. The Morgan fingerprint density at radius 1 is 1.44 bits per heavy atom. The quantitative estimate of drug-likeness (QED) is 0.905. The zero-order valence-corrected chi connectivity index (χ0v) is 10.8. The second-order valence-electron chi connectivity index (χ2n) is 3.78. The van der Waals surface area contributed by atoms with Crippen LogP contribution < -0.4 is 4.74 Å². The van der Waals surface area contributed by atoms with Gasteiger partial charge >= 0.3 is 0 Å². The number of hydrogen-bond acceptors (Lipinski definition) is 4. The zero-order chi connectivity index (χ0) is 13.0. The van der Waals surface area contributed by atoms with Crippen LogP contribution in [0.5, 0.6) is 11.6 Å². The first kappa shape index (κ1) is 12.9. The molecule has 2 rings (SSSR count). The maximum Gasteiger partial charge on any atom is 0.219 e. The molecule has 2 aromatic rings. The zero-order valence-electron chi connectivity index (χ0n) is 10.0. The number of aliphatic hydroxyl groups excluding tert-OH is 1. The number of rotatable bonds is 5. The number of nitrogens with zero attached hydrogens (tertiary/aromatic N) is 3. The summed E-state index contributed by atoms with van der Waals surface area (Å²) in [5, 5.41) is 13.6. The predicted octanol–water partition coefficient (Wildman–Crippen LogP) is 2.63. The highest BCUT2D eigenvalue weighted by Gasteiger charge is 2.06. The van der Waals surface area contributed by atoms with E-state index in [0.717, 1.165) is 13.0 Å². The van der Waals surface area contributed by atoms with Crippen molar-refractivity contribution in [2.45, 2.75) is 26.5 Å². The number of aromatic nitrogens is 3. The SMILES string of the molecule is CCCn1cc(Oc2ccc(Cl)c(CO)n2)cn1. The van der Waals surface area contributed by atoms with E-state index in [9.17, 15) is 0 Å². The van der Waals surface area contributed by atoms with Crippen LogP contribution in [-0.4, -0.2) is 19.9 Å². The largest absolute Gasteiger partial charge is 0.436 e. The number of aliphatic hydroxyl groups is 1. The lowest BCUT2D eigenvalue weighted by Crippen LogP contribution is -1.96. The average Bonchev–Trinajstić information content (AvgIpc) is 2.80. The van der Waals surface area contributed by atoms with Gasteiger partial charge in [0.15, 0.2) is 5.75 Å². The van der Waals surface area contributed by atoms with E-state index >= 15 is 0 Å². The molecular formula is C12H14ClN3O2. The Balaban J connectivity index is 2.12. The highest BCUT2D eigenvalue weighted by molar-refractivity contribution is 6.31. The first-order chi connectivity index (χ1) is 8.72. The fourth-order valence-electron chi connectivity index (χ4n) is 1.50. The minimum Gasteiger partial charge on any atom is -0.436 e. The maximum atomic E-state index is 9.06. The van der Waals surface area contributed by atoms with Crippen molar-refractivity contribution in [1.29, 1.82) is 0 Å². The summed E-state index contributed by atoms with van der Waals surface area (Å²) in [6.45, 7) is 2.71. The van der Waals surface area contributed by atoms with E-state index < -0.39 is 0 Å². The second-order valence-corrected chi connectivity index (χ2v) is 4.18. The molecule has 0 amide bonds. The van der Waals surface area contributed by atoms with Crippen LogP contribution >= 0.6 is 11.6 Å². The molecule has 0 aliphatic rings. The van der Waals surface area contributed by atoms with Crippen molar-refractivity contribution in [3.63, 3.8) is 0 Å². The number of ether oxygens (including phenoxy) is 1. The Labute approximate surface area is 110 Å². The molecule has 18 heavy (non-hydrogen) atoms. The van der Waals surface area contributed by atoms with Crippen LogP contribution in [0.25, 0.3) is 0 Å². The molecule has 1 N–H and O–H groups in total. The Morgan fingerprint density at radius 3 is 3.00 bits per heavy atom. The summed E-state index contributed by atoms with van der Waals surface area (Å²) >= 11 is 5.85. The van der Waals surface area contributed by atoms with Crippen LogP contribution in [0, 0.1) is 0 Å². The normalized spacial score (nSPS) is 10.6. The standard InChI is InChI=1S/C12H14ClN3O2/c1-2-5-16-7-9(6-14-16)18-12-4-3-10(13)11(8-17)15-12/h3-4,6-7,17H,2,5,8H2,1H3. The van der Waals surface area contributed by atoms with Gasteiger partial charge in [0.1, 0.15) is 0 Å². The lowest BCUT2D eigenvalue weighted by atomic mass is 10.3. The molecule has 0 saturated carbocycles. The molecule has 0 fully saturated rings. The van der Waals surface area contributed by atoms with Gasteiger partial charge in [-0.2, -0.15) is 5.10 Å². The van der Waals surface area contributed by atoms with Crippen LogP contribution in [0.15, 0.2) is 24.5 Å². The summed E-state index contributed by atoms with van der Waals surface area (Å²) in [6, 6.07) is 3.30. The molecule has 0 spiro atoms. The van der Waals surface area contributed by atoms with Crippen LogP contribution in [0.3, 0.4) is 0 Å². The van der Waals surface area contributed by atoms with Crippen LogP contribution in [0.1, 0.15) is 19.0 Å². The Hall–Kier alpha value is -1.59. The van der Waals surface area contributed by atoms with Gasteiger partial charge in [-0.1, -0.05) is 18.5 Å². The molecule has 0 unspecified atom stereocenters. The molecule has 0 aromatic carbocycles. The Morgan fingerprint density at radius 2 is 2.28 bits per heavy atom. The monoisotopic (exact) mass is 267 g/mol. The summed E-state index contributed by atoms with van der Waals surface area (Å²) in [6.07, 6.45) is 4.44. The van der Waals surface area contributed by atoms with Crippen molar-refractivity contribution in [3.05, 3.63) is 35.2 Å². The van der Waals surface area contributed by atoms with Crippen molar-refractivity contribution >= 4 is 11.6 Å². The van der Waals surface area contributed by atoms with Gasteiger partial charge in [0.2, 0.25) is 5.88 Å². The van der Waals surface area contributed by atoms with Crippen molar-refractivity contribution in [3.8, 4) is 11.6 Å². The third-order valence-corrected chi connectivity index (χ3v) is 2.67. The van der Waals surface area contributed by atoms with E-state index in [-0.39, 0.29) is 6.61 Å². The third-order valence-electron chi connectivity index (χ3n) is 2.33. The number of hydrogen-bond donors (Lipinski definition) is 1. The van der Waals surface area contributed by atoms with Crippen molar-refractivity contribution in [2.24, 2.45) is 0 Å². The van der Waals surface area contributed by atoms with E-state index in [1.54, 1.807) is 29.2 Å². The van der Waals surface area contributed by atoms with E-state index in [2.05, 4.69) is 17.0 Å². The Kier molecular flexibility index (Phi) is 4.17. The highest BCUT2D eigenvalue weighted by atomic mass is 35.5. The molecule has 5 nitrogen and oxygen atoms in total. The number of aryl methyl sites for hydroxylation is 1. The van der Waals surface area contributed by atoms with Gasteiger partial charge in [0.25, 0.3) is 0 Å². The molecule has 0 atom stereocenters. The fraction of sp³-hybridized carbons (Fsp3) is 0.333. The minimum absolute atomic E-state index is 0.217. The predicted molar refractivity (Wildman–Crippen MR) is 67.8 cm³/mol. The van der Waals surface area contributed by atoms with E-state index in [1.807, 2.05) is 0 Å². The van der Waals surface area contributed by atoms with Crippen molar-refractivity contribution in [2.75, 3.05) is 0 Å². The van der Waals surface area contributed by atoms with Crippen LogP contribution in [0.4, 0.5) is 0 Å². The smallest absolute Gasteiger partial charge is 0.219 e. The molecule has 6 heteroatoms. The molecular weight excluding hydrogens is 254 g/mol. The van der Waals surface area contributed by atoms with E-state index in [1.165, 1.54) is 0 Å². The van der Waals surface area contributed by atoms with Crippen LogP contribution in [-0.2, 0) is 13.2 Å². The number of pyridine rings is 1. The summed E-state index contributed by atoms with van der Waals surface area (Å²) in [5.41, 5.74) is 0.398. The lowest BCUT2D eigenvalue weighted by molar-refractivity contribution is 0.275. The maximum absolute atomic E-state index is 9.06. The molecule has 2 heterocycles. The minimum atomic E-state index is -0.217. The van der Waals surface area contributed by atoms with Crippen molar-refractivity contribution < 1.29 is 9.84 Å². The fourth-order valence-corrected chi connectivity index (χ4v) is 1.67. The summed E-state index contributed by atoms with van der Waals surface area (Å²) in [5.74, 6) is 1.00. The summed E-state index contributed by atoms with van der Waals surface area (Å²) in [7, 11) is 0. The average molecular weight is 268 g/mol. The molecule has 0 radical (unpaired) electrons. The molecule has 0 saturated heterocycles. The van der Waals surface area contributed by atoms with Gasteiger partial charge in [-0.25, -0.2) is 4.98 Å². The first-order valence-corrected chi connectivity index (χ1v) is 6.07. The Bertz CT molecular complexity index is 528. The third kappa shape index (κ3) is 3.00. The topological polar surface area (TPSA) is 60.2 Å².